The van der Waals surface area contributed by atoms with Crippen LogP contribution < -0.4 is 5.56 Å². The molecule has 0 bridgehead atoms. The molecule has 2 heterocycles. The molecular weight excluding hydrogens is 220 g/mol. The number of aromatic nitrogens is 1. The van der Waals surface area contributed by atoms with Gasteiger partial charge in [-0.15, -0.1) is 0 Å². The van der Waals surface area contributed by atoms with E-state index in [-0.39, 0.29) is 24.0 Å². The zero-order valence-corrected chi connectivity index (χ0v) is 9.56. The van der Waals surface area contributed by atoms with Gasteiger partial charge >= 0.3 is 0 Å². The summed E-state index contributed by atoms with van der Waals surface area (Å²) < 4.78 is 0. The molecule has 0 spiro atoms. The van der Waals surface area contributed by atoms with Crippen LogP contribution in [-0.4, -0.2) is 40.6 Å². The monoisotopic (exact) mass is 236 g/mol. The molecule has 1 aliphatic rings. The Hall–Kier alpha value is -1.62. The SMILES string of the molecule is O=C(c1ccc(=O)[nH]c1)N1CCC[C@H](CO)C1. The first kappa shape index (κ1) is 11.9. The quantitative estimate of drug-likeness (QED) is 0.771. The maximum atomic E-state index is 12.1. The Morgan fingerprint density at radius 1 is 1.53 bits per heavy atom. The zero-order valence-electron chi connectivity index (χ0n) is 9.56. The molecule has 1 saturated heterocycles. The first-order chi connectivity index (χ1) is 8.20. The van der Waals surface area contributed by atoms with Gasteiger partial charge in [-0.25, -0.2) is 0 Å². The van der Waals surface area contributed by atoms with E-state index in [1.165, 1.54) is 18.3 Å². The number of aliphatic hydroxyl groups is 1. The molecule has 92 valence electrons. The van der Waals surface area contributed by atoms with Gasteiger partial charge in [0.2, 0.25) is 5.56 Å². The van der Waals surface area contributed by atoms with Crippen molar-refractivity contribution in [2.24, 2.45) is 5.92 Å². The summed E-state index contributed by atoms with van der Waals surface area (Å²) in [6.45, 7) is 1.43. The van der Waals surface area contributed by atoms with Crippen molar-refractivity contribution < 1.29 is 9.90 Å². The summed E-state index contributed by atoms with van der Waals surface area (Å²) in [6.07, 6.45) is 3.32. The second kappa shape index (κ2) is 5.14. The van der Waals surface area contributed by atoms with Gasteiger partial charge in [-0.05, 0) is 24.8 Å². The minimum atomic E-state index is -0.214. The van der Waals surface area contributed by atoms with Crippen LogP contribution in [0.4, 0.5) is 0 Å². The number of carbonyl (C=O) groups is 1. The van der Waals surface area contributed by atoms with Crippen LogP contribution in [0, 0.1) is 5.92 Å². The molecule has 0 aliphatic carbocycles. The summed E-state index contributed by atoms with van der Waals surface area (Å²) in [4.78, 5) is 27.2. The third-order valence-corrected chi connectivity index (χ3v) is 3.10. The largest absolute Gasteiger partial charge is 0.396 e. The molecule has 5 nitrogen and oxygen atoms in total. The average molecular weight is 236 g/mol. The first-order valence-corrected chi connectivity index (χ1v) is 5.79. The van der Waals surface area contributed by atoms with Crippen LogP contribution in [0.3, 0.4) is 0 Å². The standard InChI is InChI=1S/C12H16N2O3/c15-8-9-2-1-5-14(7-9)12(17)10-3-4-11(16)13-6-10/h3-4,6,9,15H,1-2,5,7-8H2,(H,13,16)/t9-/m0/s1. The van der Waals surface area contributed by atoms with Crippen LogP contribution in [0.2, 0.25) is 0 Å². The Kier molecular flexibility index (Phi) is 3.58. The maximum Gasteiger partial charge on any atom is 0.255 e. The van der Waals surface area contributed by atoms with Gasteiger partial charge < -0.3 is 15.0 Å². The lowest BCUT2D eigenvalue weighted by Gasteiger charge is -2.31. The number of aliphatic hydroxyl groups excluding tert-OH is 1. The highest BCUT2D eigenvalue weighted by Crippen LogP contribution is 2.17. The van der Waals surface area contributed by atoms with Gasteiger partial charge in [-0.3, -0.25) is 9.59 Å². The summed E-state index contributed by atoms with van der Waals surface area (Å²) >= 11 is 0. The van der Waals surface area contributed by atoms with Gasteiger partial charge in [0.15, 0.2) is 0 Å². The summed E-state index contributed by atoms with van der Waals surface area (Å²) in [7, 11) is 0. The fourth-order valence-electron chi connectivity index (χ4n) is 2.12. The lowest BCUT2D eigenvalue weighted by Crippen LogP contribution is -2.41. The second-order valence-electron chi connectivity index (χ2n) is 4.38. The van der Waals surface area contributed by atoms with E-state index in [1.807, 2.05) is 0 Å². The van der Waals surface area contributed by atoms with Crippen LogP contribution in [0.15, 0.2) is 23.1 Å². The lowest BCUT2D eigenvalue weighted by molar-refractivity contribution is 0.0620. The van der Waals surface area contributed by atoms with Crippen molar-refractivity contribution >= 4 is 5.91 Å². The van der Waals surface area contributed by atoms with Gasteiger partial charge in [-0.1, -0.05) is 0 Å². The molecule has 1 aromatic rings. The van der Waals surface area contributed by atoms with Crippen molar-refractivity contribution in [1.29, 1.82) is 0 Å². The first-order valence-electron chi connectivity index (χ1n) is 5.79. The normalized spacial score (nSPS) is 20.3. The molecule has 1 fully saturated rings. The number of pyridine rings is 1. The van der Waals surface area contributed by atoms with Crippen molar-refractivity contribution in [2.75, 3.05) is 19.7 Å². The fraction of sp³-hybridized carbons (Fsp3) is 0.500. The van der Waals surface area contributed by atoms with E-state index in [9.17, 15) is 9.59 Å². The molecule has 2 N–H and O–H groups in total. The Morgan fingerprint density at radius 2 is 2.35 bits per heavy atom. The second-order valence-corrected chi connectivity index (χ2v) is 4.38. The molecule has 0 aromatic carbocycles. The molecule has 5 heteroatoms. The van der Waals surface area contributed by atoms with E-state index in [1.54, 1.807) is 4.90 Å². The van der Waals surface area contributed by atoms with Crippen molar-refractivity contribution in [1.82, 2.24) is 9.88 Å². The molecule has 1 aromatic heterocycles. The van der Waals surface area contributed by atoms with Gasteiger partial charge in [0.25, 0.3) is 5.91 Å². The minimum absolute atomic E-state index is 0.0839. The van der Waals surface area contributed by atoms with Crippen LogP contribution in [0.5, 0.6) is 0 Å². The molecule has 1 amide bonds. The Morgan fingerprint density at radius 3 is 3.00 bits per heavy atom. The summed E-state index contributed by atoms with van der Waals surface area (Å²) in [5.41, 5.74) is 0.275. The Labute approximate surface area is 99.1 Å². The number of hydrogen-bond acceptors (Lipinski definition) is 3. The van der Waals surface area contributed by atoms with Crippen molar-refractivity contribution in [3.63, 3.8) is 0 Å². The number of carbonyl (C=O) groups excluding carboxylic acids is 1. The fourth-order valence-corrected chi connectivity index (χ4v) is 2.12. The molecule has 0 radical (unpaired) electrons. The van der Waals surface area contributed by atoms with Crippen LogP contribution in [0.1, 0.15) is 23.2 Å². The zero-order chi connectivity index (χ0) is 12.3. The number of H-pyrrole nitrogens is 1. The van der Waals surface area contributed by atoms with Gasteiger partial charge in [0, 0.05) is 32.0 Å². The number of aromatic amines is 1. The van der Waals surface area contributed by atoms with E-state index in [0.29, 0.717) is 18.7 Å². The van der Waals surface area contributed by atoms with Crippen molar-refractivity contribution in [3.8, 4) is 0 Å². The van der Waals surface area contributed by atoms with E-state index in [2.05, 4.69) is 4.98 Å². The number of amides is 1. The van der Waals surface area contributed by atoms with Crippen molar-refractivity contribution in [2.45, 2.75) is 12.8 Å². The van der Waals surface area contributed by atoms with Crippen LogP contribution in [0.25, 0.3) is 0 Å². The third kappa shape index (κ3) is 2.74. The molecule has 0 unspecified atom stereocenters. The number of likely N-dealkylation sites (tertiary alicyclic amines) is 1. The highest BCUT2D eigenvalue weighted by Gasteiger charge is 2.23. The molecule has 2 rings (SSSR count). The predicted molar refractivity (Wildman–Crippen MR) is 62.8 cm³/mol. The smallest absolute Gasteiger partial charge is 0.255 e. The number of rotatable bonds is 2. The number of hydrogen-bond donors (Lipinski definition) is 2. The van der Waals surface area contributed by atoms with E-state index >= 15 is 0 Å². The number of nitrogens with one attached hydrogen (secondary N) is 1. The van der Waals surface area contributed by atoms with Gasteiger partial charge in [0.05, 0.1) is 5.56 Å². The maximum absolute atomic E-state index is 12.1. The third-order valence-electron chi connectivity index (χ3n) is 3.10. The highest BCUT2D eigenvalue weighted by molar-refractivity contribution is 5.93. The van der Waals surface area contributed by atoms with Crippen molar-refractivity contribution in [3.05, 3.63) is 34.2 Å². The highest BCUT2D eigenvalue weighted by atomic mass is 16.3. The average Bonchev–Trinajstić information content (AvgIpc) is 2.39. The van der Waals surface area contributed by atoms with Crippen LogP contribution >= 0.6 is 0 Å². The number of piperidine rings is 1. The summed E-state index contributed by atoms with van der Waals surface area (Å²) in [5.74, 6) is 0.0925. The van der Waals surface area contributed by atoms with Gasteiger partial charge in [0.1, 0.15) is 0 Å². The number of nitrogens with zero attached hydrogens (tertiary/aromatic N) is 1. The summed E-state index contributed by atoms with van der Waals surface area (Å²) in [6, 6.07) is 2.88. The molecule has 17 heavy (non-hydrogen) atoms. The topological polar surface area (TPSA) is 73.4 Å². The molecule has 1 aliphatic heterocycles. The lowest BCUT2D eigenvalue weighted by atomic mass is 9.98. The van der Waals surface area contributed by atoms with E-state index in [0.717, 1.165) is 12.8 Å². The summed E-state index contributed by atoms with van der Waals surface area (Å²) in [5, 5.41) is 9.11. The Balaban J connectivity index is 2.09. The predicted octanol–water partition coefficient (Wildman–Crippen LogP) is 0.219. The molecule has 0 saturated carbocycles. The van der Waals surface area contributed by atoms with Gasteiger partial charge in [-0.2, -0.15) is 0 Å². The molecule has 1 atom stereocenters. The minimum Gasteiger partial charge on any atom is -0.396 e. The van der Waals surface area contributed by atoms with Crippen LogP contribution in [-0.2, 0) is 0 Å². The van der Waals surface area contributed by atoms with E-state index < -0.39 is 0 Å². The van der Waals surface area contributed by atoms with E-state index in [4.69, 9.17) is 5.11 Å². The molecular formula is C12H16N2O3. The Bertz CT molecular complexity index is 435.